The molecule has 3 aromatic rings. The summed E-state index contributed by atoms with van der Waals surface area (Å²) in [6.45, 7) is 3.90. The molecular weight excluding hydrogens is 386 g/mol. The second-order valence-corrected chi connectivity index (χ2v) is 6.91. The fourth-order valence-corrected chi connectivity index (χ4v) is 3.37. The predicted molar refractivity (Wildman–Crippen MR) is 110 cm³/mol. The van der Waals surface area contributed by atoms with Crippen molar-refractivity contribution in [3.05, 3.63) is 65.0 Å². The fraction of sp³-hybridized carbons (Fsp3) is 0.227. The molecule has 0 spiro atoms. The van der Waals surface area contributed by atoms with E-state index in [0.717, 1.165) is 11.3 Å². The number of rotatable bonds is 5. The fourth-order valence-electron chi connectivity index (χ4n) is 3.37. The zero-order chi connectivity index (χ0) is 21.3. The average Bonchev–Trinajstić information content (AvgIpc) is 3.07. The summed E-state index contributed by atoms with van der Waals surface area (Å²) < 4.78 is 16.0. The molecule has 2 heterocycles. The van der Waals surface area contributed by atoms with Crippen molar-refractivity contribution in [1.82, 2.24) is 5.16 Å². The number of fused-ring (bicyclic) bond motifs is 1. The maximum Gasteiger partial charge on any atom is 0.265 e. The van der Waals surface area contributed by atoms with E-state index >= 15 is 0 Å². The SMILES string of the molecule is COc1ccccc1C(=O)Nc1ccc2c(c1)N(Cc1c(C)noc1C)C(=O)CO2. The standard InChI is InChI=1S/C22H21N3O5/c1-13-17(14(2)30-24-13)11-25-18-10-15(8-9-20(18)29-12-21(25)26)23-22(27)16-6-4-5-7-19(16)28-3/h4-10H,11-12H2,1-3H3,(H,23,27). The normalized spacial score (nSPS) is 12.9. The minimum atomic E-state index is -0.312. The molecule has 1 aromatic heterocycles. The molecule has 30 heavy (non-hydrogen) atoms. The third-order valence-corrected chi connectivity index (χ3v) is 5.01. The lowest BCUT2D eigenvalue weighted by Gasteiger charge is -2.29. The molecule has 0 saturated heterocycles. The molecule has 0 unspecified atom stereocenters. The molecule has 8 heteroatoms. The van der Waals surface area contributed by atoms with E-state index in [0.29, 0.717) is 40.7 Å². The van der Waals surface area contributed by atoms with Crippen molar-refractivity contribution in [3.8, 4) is 11.5 Å². The van der Waals surface area contributed by atoms with E-state index in [1.807, 2.05) is 13.8 Å². The summed E-state index contributed by atoms with van der Waals surface area (Å²) in [6.07, 6.45) is 0. The summed E-state index contributed by atoms with van der Waals surface area (Å²) in [5.41, 5.74) is 3.10. The quantitative estimate of drug-likeness (QED) is 0.696. The monoisotopic (exact) mass is 407 g/mol. The summed E-state index contributed by atoms with van der Waals surface area (Å²) in [5, 5.41) is 6.81. The molecule has 4 rings (SSSR count). The van der Waals surface area contributed by atoms with Gasteiger partial charge in [-0.15, -0.1) is 0 Å². The first-order valence-electron chi connectivity index (χ1n) is 9.41. The van der Waals surface area contributed by atoms with Gasteiger partial charge in [0.15, 0.2) is 6.61 Å². The molecule has 0 bridgehead atoms. The lowest BCUT2D eigenvalue weighted by Crippen LogP contribution is -2.38. The summed E-state index contributed by atoms with van der Waals surface area (Å²) in [5.74, 6) is 1.21. The maximum absolute atomic E-state index is 12.7. The molecule has 2 aromatic carbocycles. The number of para-hydroxylation sites is 1. The van der Waals surface area contributed by atoms with E-state index in [4.69, 9.17) is 14.0 Å². The first-order valence-corrected chi connectivity index (χ1v) is 9.41. The van der Waals surface area contributed by atoms with E-state index in [9.17, 15) is 9.59 Å². The highest BCUT2D eigenvalue weighted by Gasteiger charge is 2.28. The van der Waals surface area contributed by atoms with Crippen LogP contribution in [0.2, 0.25) is 0 Å². The molecular formula is C22H21N3O5. The number of anilines is 2. The van der Waals surface area contributed by atoms with Crippen molar-refractivity contribution in [2.75, 3.05) is 23.9 Å². The van der Waals surface area contributed by atoms with Crippen LogP contribution in [0.25, 0.3) is 0 Å². The highest BCUT2D eigenvalue weighted by atomic mass is 16.5. The Morgan fingerprint density at radius 1 is 1.23 bits per heavy atom. The van der Waals surface area contributed by atoms with Crippen molar-refractivity contribution < 1.29 is 23.6 Å². The first-order chi connectivity index (χ1) is 14.5. The highest BCUT2D eigenvalue weighted by molar-refractivity contribution is 6.07. The van der Waals surface area contributed by atoms with Crippen LogP contribution in [0.1, 0.15) is 27.4 Å². The summed E-state index contributed by atoms with van der Waals surface area (Å²) in [6, 6.07) is 12.2. The third-order valence-electron chi connectivity index (χ3n) is 5.01. The topological polar surface area (TPSA) is 93.9 Å². The Hall–Kier alpha value is -3.81. The number of carbonyl (C=O) groups is 2. The highest BCUT2D eigenvalue weighted by Crippen LogP contribution is 2.36. The number of methoxy groups -OCH3 is 1. The number of hydrogen-bond acceptors (Lipinski definition) is 6. The Morgan fingerprint density at radius 2 is 2.03 bits per heavy atom. The second-order valence-electron chi connectivity index (χ2n) is 6.91. The Kier molecular flexibility index (Phi) is 5.14. The van der Waals surface area contributed by atoms with Crippen LogP contribution < -0.4 is 19.7 Å². The maximum atomic E-state index is 12.7. The van der Waals surface area contributed by atoms with Crippen LogP contribution in [0.15, 0.2) is 47.0 Å². The number of benzene rings is 2. The van der Waals surface area contributed by atoms with Gasteiger partial charge in [0, 0.05) is 11.3 Å². The number of aryl methyl sites for hydroxylation is 2. The number of aromatic nitrogens is 1. The van der Waals surface area contributed by atoms with E-state index in [2.05, 4.69) is 10.5 Å². The van der Waals surface area contributed by atoms with Gasteiger partial charge < -0.3 is 24.2 Å². The van der Waals surface area contributed by atoms with Crippen LogP contribution >= 0.6 is 0 Å². The molecule has 1 aliphatic rings. The van der Waals surface area contributed by atoms with Gasteiger partial charge in [0.1, 0.15) is 17.3 Å². The van der Waals surface area contributed by atoms with Crippen molar-refractivity contribution in [3.63, 3.8) is 0 Å². The minimum absolute atomic E-state index is 0.0523. The number of amides is 2. The molecule has 2 amide bonds. The van der Waals surface area contributed by atoms with Gasteiger partial charge in [-0.3, -0.25) is 9.59 Å². The van der Waals surface area contributed by atoms with Gasteiger partial charge in [0.05, 0.1) is 30.6 Å². The Labute approximate surface area is 173 Å². The predicted octanol–water partition coefficient (Wildman–Crippen LogP) is 3.48. The van der Waals surface area contributed by atoms with Gasteiger partial charge in [0.2, 0.25) is 0 Å². The molecule has 0 saturated carbocycles. The molecule has 0 aliphatic carbocycles. The summed E-state index contributed by atoms with van der Waals surface area (Å²) >= 11 is 0. The van der Waals surface area contributed by atoms with Crippen molar-refractivity contribution in [1.29, 1.82) is 0 Å². The van der Waals surface area contributed by atoms with E-state index in [1.54, 1.807) is 47.4 Å². The molecule has 1 aliphatic heterocycles. The zero-order valence-corrected chi connectivity index (χ0v) is 16.9. The van der Waals surface area contributed by atoms with Gasteiger partial charge in [0.25, 0.3) is 11.8 Å². The van der Waals surface area contributed by atoms with Gasteiger partial charge in [-0.2, -0.15) is 0 Å². The second kappa shape index (κ2) is 7.90. The Morgan fingerprint density at radius 3 is 2.77 bits per heavy atom. The third kappa shape index (κ3) is 3.59. The lowest BCUT2D eigenvalue weighted by atomic mass is 10.1. The Balaban J connectivity index is 1.63. The molecule has 154 valence electrons. The summed E-state index contributed by atoms with van der Waals surface area (Å²) in [4.78, 5) is 26.9. The van der Waals surface area contributed by atoms with Crippen LogP contribution in [0.3, 0.4) is 0 Å². The van der Waals surface area contributed by atoms with Crippen molar-refractivity contribution in [2.45, 2.75) is 20.4 Å². The molecule has 8 nitrogen and oxygen atoms in total. The van der Waals surface area contributed by atoms with E-state index in [-0.39, 0.29) is 18.4 Å². The van der Waals surface area contributed by atoms with Crippen molar-refractivity contribution >= 4 is 23.2 Å². The number of nitrogens with one attached hydrogen (secondary N) is 1. The zero-order valence-electron chi connectivity index (χ0n) is 16.9. The minimum Gasteiger partial charge on any atom is -0.496 e. The van der Waals surface area contributed by atoms with Gasteiger partial charge in [-0.1, -0.05) is 17.3 Å². The van der Waals surface area contributed by atoms with Crippen LogP contribution in [0, 0.1) is 13.8 Å². The first kappa shape index (κ1) is 19.5. The molecule has 0 radical (unpaired) electrons. The number of nitrogens with zero attached hydrogens (tertiary/aromatic N) is 2. The van der Waals surface area contributed by atoms with Gasteiger partial charge in [-0.05, 0) is 44.2 Å². The number of ether oxygens (including phenoxy) is 2. The lowest BCUT2D eigenvalue weighted by molar-refractivity contribution is -0.121. The molecule has 0 atom stereocenters. The van der Waals surface area contributed by atoms with E-state index in [1.165, 1.54) is 7.11 Å². The van der Waals surface area contributed by atoms with Gasteiger partial charge >= 0.3 is 0 Å². The van der Waals surface area contributed by atoms with Crippen LogP contribution in [-0.2, 0) is 11.3 Å². The number of carbonyl (C=O) groups excluding carboxylic acids is 2. The summed E-state index contributed by atoms with van der Waals surface area (Å²) in [7, 11) is 1.51. The smallest absolute Gasteiger partial charge is 0.265 e. The molecule has 1 N–H and O–H groups in total. The molecule has 0 fully saturated rings. The average molecular weight is 407 g/mol. The van der Waals surface area contributed by atoms with Gasteiger partial charge in [-0.25, -0.2) is 0 Å². The number of hydrogen-bond donors (Lipinski definition) is 1. The van der Waals surface area contributed by atoms with E-state index < -0.39 is 0 Å². The van der Waals surface area contributed by atoms with Crippen LogP contribution in [0.4, 0.5) is 11.4 Å². The van der Waals surface area contributed by atoms with Crippen LogP contribution in [-0.4, -0.2) is 30.7 Å². The largest absolute Gasteiger partial charge is 0.496 e. The Bertz CT molecular complexity index is 1100. The van der Waals surface area contributed by atoms with Crippen LogP contribution in [0.5, 0.6) is 11.5 Å². The van der Waals surface area contributed by atoms with Crippen molar-refractivity contribution in [2.24, 2.45) is 0 Å².